The lowest BCUT2D eigenvalue weighted by Gasteiger charge is -2.47. The van der Waals surface area contributed by atoms with Crippen LogP contribution in [0, 0.1) is 5.41 Å². The number of likely N-dealkylation sites (tertiary alicyclic amines) is 1. The van der Waals surface area contributed by atoms with Crippen molar-refractivity contribution in [2.75, 3.05) is 26.7 Å². The summed E-state index contributed by atoms with van der Waals surface area (Å²) in [6.07, 6.45) is 0.654. The number of nitrogens with one attached hydrogen (secondary N) is 1. The number of carbonyl (C=O) groups is 1. The topological polar surface area (TPSA) is 60.0 Å². The molecule has 0 atom stereocenters. The molecule has 1 spiro atoms. The van der Waals surface area contributed by atoms with Crippen LogP contribution >= 0.6 is 0 Å². The van der Waals surface area contributed by atoms with Crippen LogP contribution in [0.25, 0.3) is 0 Å². The van der Waals surface area contributed by atoms with Crippen molar-refractivity contribution >= 4 is 18.5 Å². The van der Waals surface area contributed by atoms with E-state index in [-0.39, 0.29) is 29.6 Å². The van der Waals surface area contributed by atoms with Crippen molar-refractivity contribution < 1.29 is 18.8 Å². The summed E-state index contributed by atoms with van der Waals surface area (Å²) >= 11 is 0. The summed E-state index contributed by atoms with van der Waals surface area (Å²) in [6.45, 7) is 11.8. The first kappa shape index (κ1) is 18.8. The van der Waals surface area contributed by atoms with Crippen LogP contribution in [-0.4, -0.2) is 55.9 Å². The van der Waals surface area contributed by atoms with E-state index in [1.807, 2.05) is 6.07 Å². The van der Waals surface area contributed by atoms with E-state index >= 15 is 0 Å². The monoisotopic (exact) mass is 372 g/mol. The molecule has 1 aromatic rings. The number of amides is 1. The molecule has 3 aliphatic rings. The van der Waals surface area contributed by atoms with Crippen LogP contribution in [-0.2, 0) is 20.6 Å². The molecule has 0 aromatic heterocycles. The summed E-state index contributed by atoms with van der Waals surface area (Å²) in [7, 11) is 1.31. The van der Waals surface area contributed by atoms with E-state index in [9.17, 15) is 4.79 Å². The second kappa shape index (κ2) is 6.22. The Labute approximate surface area is 161 Å². The molecule has 146 valence electrons. The van der Waals surface area contributed by atoms with Crippen molar-refractivity contribution in [3.63, 3.8) is 0 Å². The molecule has 27 heavy (non-hydrogen) atoms. The van der Waals surface area contributed by atoms with Gasteiger partial charge in [-0.3, -0.25) is 9.69 Å². The molecule has 0 aliphatic carbocycles. The average Bonchev–Trinajstić information content (AvgIpc) is 3.04. The van der Waals surface area contributed by atoms with Crippen LogP contribution in [0.2, 0.25) is 0 Å². The maximum atomic E-state index is 11.5. The summed E-state index contributed by atoms with van der Waals surface area (Å²) in [5, 5.41) is 2.95. The SMILES string of the molecule is COc1cc(B2OC(C)(C)C(C)(C)O2)ccc1CN1CC2(CNC(=O)C2)C1. The third kappa shape index (κ3) is 3.26. The fourth-order valence-electron chi connectivity index (χ4n) is 4.25. The average molecular weight is 372 g/mol. The Kier molecular flexibility index (Phi) is 4.33. The molecule has 1 N–H and O–H groups in total. The van der Waals surface area contributed by atoms with Crippen LogP contribution in [0.4, 0.5) is 0 Å². The summed E-state index contributed by atoms with van der Waals surface area (Å²) in [6, 6.07) is 6.19. The molecule has 0 saturated carbocycles. The number of ether oxygens (including phenoxy) is 1. The van der Waals surface area contributed by atoms with Crippen molar-refractivity contribution in [2.24, 2.45) is 5.41 Å². The summed E-state index contributed by atoms with van der Waals surface area (Å²) < 4.78 is 17.9. The molecule has 3 aliphatic heterocycles. The van der Waals surface area contributed by atoms with Crippen molar-refractivity contribution in [3.05, 3.63) is 23.8 Å². The van der Waals surface area contributed by atoms with Gasteiger partial charge in [0.1, 0.15) is 5.75 Å². The van der Waals surface area contributed by atoms with Crippen molar-refractivity contribution in [1.29, 1.82) is 0 Å². The predicted octanol–water partition coefficient (Wildman–Crippen LogP) is 1.32. The lowest BCUT2D eigenvalue weighted by Crippen LogP contribution is -2.56. The highest BCUT2D eigenvalue weighted by Gasteiger charge is 2.52. The Balaban J connectivity index is 1.44. The lowest BCUT2D eigenvalue weighted by molar-refractivity contribution is -0.120. The van der Waals surface area contributed by atoms with Gasteiger partial charge in [-0.15, -0.1) is 0 Å². The van der Waals surface area contributed by atoms with E-state index in [0.29, 0.717) is 6.42 Å². The summed E-state index contributed by atoms with van der Waals surface area (Å²) in [5.74, 6) is 1.03. The van der Waals surface area contributed by atoms with Gasteiger partial charge in [-0.1, -0.05) is 12.1 Å². The number of nitrogens with zero attached hydrogens (tertiary/aromatic N) is 1. The highest BCUT2D eigenvalue weighted by Crippen LogP contribution is 2.39. The van der Waals surface area contributed by atoms with Crippen LogP contribution in [0.3, 0.4) is 0 Å². The van der Waals surface area contributed by atoms with E-state index in [2.05, 4.69) is 50.0 Å². The maximum Gasteiger partial charge on any atom is 0.494 e. The van der Waals surface area contributed by atoms with Gasteiger partial charge in [-0.25, -0.2) is 0 Å². The molecule has 6 nitrogen and oxygen atoms in total. The van der Waals surface area contributed by atoms with Gasteiger partial charge < -0.3 is 19.4 Å². The third-order valence-corrected chi connectivity index (χ3v) is 6.54. The van der Waals surface area contributed by atoms with Gasteiger partial charge >= 0.3 is 7.12 Å². The zero-order chi connectivity index (χ0) is 19.4. The molecule has 3 fully saturated rings. The first-order valence-corrected chi connectivity index (χ1v) is 9.65. The molecule has 3 heterocycles. The normalized spacial score (nSPS) is 25.5. The molecule has 1 aromatic carbocycles. The quantitative estimate of drug-likeness (QED) is 0.808. The number of hydrogen-bond acceptors (Lipinski definition) is 5. The van der Waals surface area contributed by atoms with E-state index in [1.54, 1.807) is 7.11 Å². The van der Waals surface area contributed by atoms with Gasteiger partial charge in [0.2, 0.25) is 5.91 Å². The second-order valence-corrected chi connectivity index (χ2v) is 9.26. The van der Waals surface area contributed by atoms with Crippen LogP contribution in [0.15, 0.2) is 18.2 Å². The second-order valence-electron chi connectivity index (χ2n) is 9.26. The van der Waals surface area contributed by atoms with E-state index in [4.69, 9.17) is 14.0 Å². The lowest BCUT2D eigenvalue weighted by atomic mass is 9.77. The summed E-state index contributed by atoms with van der Waals surface area (Å²) in [5.41, 5.74) is 1.54. The van der Waals surface area contributed by atoms with Gasteiger partial charge in [0.15, 0.2) is 0 Å². The fraction of sp³-hybridized carbons (Fsp3) is 0.650. The van der Waals surface area contributed by atoms with Crippen LogP contribution in [0.5, 0.6) is 5.75 Å². The van der Waals surface area contributed by atoms with E-state index in [1.165, 1.54) is 0 Å². The Morgan fingerprint density at radius 2 is 1.85 bits per heavy atom. The molecule has 7 heteroatoms. The minimum atomic E-state index is -0.388. The zero-order valence-corrected chi connectivity index (χ0v) is 16.9. The van der Waals surface area contributed by atoms with Gasteiger partial charge in [-0.05, 0) is 39.2 Å². The minimum absolute atomic E-state index is 0.146. The molecule has 4 rings (SSSR count). The molecule has 1 amide bonds. The van der Waals surface area contributed by atoms with Gasteiger partial charge in [0.25, 0.3) is 0 Å². The Bertz CT molecular complexity index is 742. The van der Waals surface area contributed by atoms with Crippen molar-refractivity contribution in [1.82, 2.24) is 10.2 Å². The predicted molar refractivity (Wildman–Crippen MR) is 104 cm³/mol. The smallest absolute Gasteiger partial charge is 0.494 e. The first-order valence-electron chi connectivity index (χ1n) is 9.65. The van der Waals surface area contributed by atoms with E-state index < -0.39 is 0 Å². The molecule has 0 unspecified atom stereocenters. The number of hydrogen-bond donors (Lipinski definition) is 1. The zero-order valence-electron chi connectivity index (χ0n) is 16.9. The molecular formula is C20H29BN2O4. The largest absolute Gasteiger partial charge is 0.496 e. The van der Waals surface area contributed by atoms with Crippen molar-refractivity contribution in [3.8, 4) is 5.75 Å². The minimum Gasteiger partial charge on any atom is -0.496 e. The molecule has 3 saturated heterocycles. The fourth-order valence-corrected chi connectivity index (χ4v) is 4.25. The maximum absolute atomic E-state index is 11.5. The van der Waals surface area contributed by atoms with Gasteiger partial charge in [0.05, 0.1) is 18.3 Å². The number of methoxy groups -OCH3 is 1. The highest BCUT2D eigenvalue weighted by atomic mass is 16.7. The Morgan fingerprint density at radius 3 is 2.41 bits per heavy atom. The molecular weight excluding hydrogens is 343 g/mol. The standard InChI is InChI=1S/C20H29BN2O4/c1-18(2)19(3,4)27-21(26-18)15-7-6-14(16(8-15)25-5)10-23-12-20(13-23)9-17(24)22-11-20/h6-8H,9-13H2,1-5H3,(H,22,24). The van der Waals surface area contributed by atoms with Gasteiger partial charge in [-0.2, -0.15) is 0 Å². The first-order chi connectivity index (χ1) is 12.6. The van der Waals surface area contributed by atoms with Crippen LogP contribution < -0.4 is 15.5 Å². The van der Waals surface area contributed by atoms with Crippen LogP contribution in [0.1, 0.15) is 39.7 Å². The Hall–Kier alpha value is -1.57. The number of rotatable bonds is 4. The summed E-state index contributed by atoms with van der Waals surface area (Å²) in [4.78, 5) is 13.9. The Morgan fingerprint density at radius 1 is 1.19 bits per heavy atom. The third-order valence-electron chi connectivity index (χ3n) is 6.54. The highest BCUT2D eigenvalue weighted by molar-refractivity contribution is 6.62. The number of benzene rings is 1. The van der Waals surface area contributed by atoms with E-state index in [0.717, 1.165) is 43.0 Å². The molecule has 0 bridgehead atoms. The molecule has 0 radical (unpaired) electrons. The van der Waals surface area contributed by atoms with Crippen molar-refractivity contribution in [2.45, 2.75) is 51.9 Å². The number of carbonyl (C=O) groups excluding carboxylic acids is 1. The van der Waals surface area contributed by atoms with Gasteiger partial charge in [0, 0.05) is 43.6 Å².